The number of nitrogens with one attached hydrogen (secondary N) is 1. The Labute approximate surface area is 131 Å². The van der Waals surface area contributed by atoms with Gasteiger partial charge in [0.25, 0.3) is 0 Å². The van der Waals surface area contributed by atoms with Crippen LogP contribution in [0, 0.1) is 5.82 Å². The minimum absolute atomic E-state index is 0.161. The Kier molecular flexibility index (Phi) is 5.16. The van der Waals surface area contributed by atoms with E-state index >= 15 is 0 Å². The zero-order valence-corrected chi connectivity index (χ0v) is 13.0. The Balaban J connectivity index is 2.05. The summed E-state index contributed by atoms with van der Waals surface area (Å²) in [5.41, 5.74) is 7.02. The summed E-state index contributed by atoms with van der Waals surface area (Å²) < 4.78 is 19.5. The second-order valence-corrected chi connectivity index (χ2v) is 5.21. The molecule has 4 nitrogen and oxygen atoms in total. The van der Waals surface area contributed by atoms with Crippen LogP contribution < -0.4 is 15.8 Å². The van der Waals surface area contributed by atoms with Gasteiger partial charge < -0.3 is 15.8 Å². The molecular formula is C15H15BrFN3O. The van der Waals surface area contributed by atoms with Crippen molar-refractivity contribution in [2.45, 2.75) is 6.54 Å². The molecule has 110 valence electrons. The van der Waals surface area contributed by atoms with Crippen molar-refractivity contribution in [1.82, 2.24) is 0 Å². The van der Waals surface area contributed by atoms with Crippen molar-refractivity contribution in [2.24, 2.45) is 10.7 Å². The van der Waals surface area contributed by atoms with Gasteiger partial charge in [0.15, 0.2) is 5.96 Å². The number of rotatable bonds is 4. The summed E-state index contributed by atoms with van der Waals surface area (Å²) in [5, 5.41) is 2.93. The number of hydrogen-bond acceptors (Lipinski definition) is 2. The van der Waals surface area contributed by atoms with Gasteiger partial charge in [0.2, 0.25) is 0 Å². The SMILES string of the molecule is COc1cccc(NC(N)=NCc2cc(Br)ccc2F)c1. The number of hydrogen-bond donors (Lipinski definition) is 2. The molecule has 0 spiro atoms. The van der Waals surface area contributed by atoms with E-state index in [0.29, 0.717) is 11.3 Å². The second kappa shape index (κ2) is 7.08. The minimum atomic E-state index is -0.309. The Hall–Kier alpha value is -2.08. The minimum Gasteiger partial charge on any atom is -0.497 e. The molecule has 2 aromatic rings. The molecule has 0 unspecified atom stereocenters. The zero-order chi connectivity index (χ0) is 15.2. The molecule has 0 aliphatic carbocycles. The van der Waals surface area contributed by atoms with Crippen molar-refractivity contribution in [3.05, 3.63) is 58.3 Å². The molecule has 2 rings (SSSR count). The van der Waals surface area contributed by atoms with Gasteiger partial charge >= 0.3 is 0 Å². The van der Waals surface area contributed by atoms with Gasteiger partial charge in [-0.25, -0.2) is 9.38 Å². The molecule has 2 aromatic carbocycles. The predicted octanol–water partition coefficient (Wildman–Crippen LogP) is 3.52. The molecule has 0 aliphatic heterocycles. The van der Waals surface area contributed by atoms with Gasteiger partial charge in [-0.15, -0.1) is 0 Å². The highest BCUT2D eigenvalue weighted by Crippen LogP contribution is 2.17. The molecule has 0 atom stereocenters. The van der Waals surface area contributed by atoms with E-state index in [9.17, 15) is 4.39 Å². The molecule has 0 fully saturated rings. The number of nitrogens with zero attached hydrogens (tertiary/aromatic N) is 1. The Morgan fingerprint density at radius 2 is 2.14 bits per heavy atom. The summed E-state index contributed by atoms with van der Waals surface area (Å²) in [7, 11) is 1.59. The van der Waals surface area contributed by atoms with E-state index in [4.69, 9.17) is 10.5 Å². The van der Waals surface area contributed by atoms with Crippen molar-refractivity contribution in [3.63, 3.8) is 0 Å². The smallest absolute Gasteiger partial charge is 0.193 e. The quantitative estimate of drug-likeness (QED) is 0.654. The van der Waals surface area contributed by atoms with Gasteiger partial charge in [0.1, 0.15) is 11.6 Å². The third-order valence-electron chi connectivity index (χ3n) is 2.77. The highest BCUT2D eigenvalue weighted by molar-refractivity contribution is 9.10. The lowest BCUT2D eigenvalue weighted by Crippen LogP contribution is -2.22. The van der Waals surface area contributed by atoms with Gasteiger partial charge in [0, 0.05) is 21.8 Å². The second-order valence-electron chi connectivity index (χ2n) is 4.29. The number of nitrogens with two attached hydrogens (primary N) is 1. The van der Waals surface area contributed by atoms with E-state index in [1.54, 1.807) is 25.3 Å². The van der Waals surface area contributed by atoms with Gasteiger partial charge in [-0.05, 0) is 30.3 Å². The van der Waals surface area contributed by atoms with Crippen LogP contribution in [0.4, 0.5) is 10.1 Å². The fourth-order valence-electron chi connectivity index (χ4n) is 1.72. The third-order valence-corrected chi connectivity index (χ3v) is 3.26. The maximum Gasteiger partial charge on any atom is 0.193 e. The summed E-state index contributed by atoms with van der Waals surface area (Å²) in [6.07, 6.45) is 0. The summed E-state index contributed by atoms with van der Waals surface area (Å²) in [4.78, 5) is 4.13. The first-order valence-electron chi connectivity index (χ1n) is 6.23. The van der Waals surface area contributed by atoms with Crippen molar-refractivity contribution in [2.75, 3.05) is 12.4 Å². The Morgan fingerprint density at radius 1 is 1.33 bits per heavy atom. The molecule has 0 heterocycles. The first-order valence-corrected chi connectivity index (χ1v) is 7.02. The van der Waals surface area contributed by atoms with Crippen LogP contribution in [-0.2, 0) is 6.54 Å². The van der Waals surface area contributed by atoms with Crippen LogP contribution in [0.5, 0.6) is 5.75 Å². The first-order chi connectivity index (χ1) is 10.1. The average molecular weight is 352 g/mol. The Bertz CT molecular complexity index is 661. The molecule has 0 aromatic heterocycles. The topological polar surface area (TPSA) is 59.6 Å². The lowest BCUT2D eigenvalue weighted by molar-refractivity contribution is 0.415. The predicted molar refractivity (Wildman–Crippen MR) is 86.0 cm³/mol. The van der Waals surface area contributed by atoms with Crippen LogP contribution in [-0.4, -0.2) is 13.1 Å². The largest absolute Gasteiger partial charge is 0.497 e. The zero-order valence-electron chi connectivity index (χ0n) is 11.4. The van der Waals surface area contributed by atoms with E-state index in [2.05, 4.69) is 26.2 Å². The van der Waals surface area contributed by atoms with E-state index in [0.717, 1.165) is 10.2 Å². The molecule has 21 heavy (non-hydrogen) atoms. The fourth-order valence-corrected chi connectivity index (χ4v) is 2.13. The lowest BCUT2D eigenvalue weighted by atomic mass is 10.2. The highest BCUT2D eigenvalue weighted by Gasteiger charge is 2.03. The van der Waals surface area contributed by atoms with Crippen LogP contribution >= 0.6 is 15.9 Å². The van der Waals surface area contributed by atoms with Gasteiger partial charge in [-0.2, -0.15) is 0 Å². The molecule has 0 bridgehead atoms. The van der Waals surface area contributed by atoms with Crippen LogP contribution in [0.3, 0.4) is 0 Å². The molecule has 0 aliphatic rings. The van der Waals surface area contributed by atoms with E-state index in [-0.39, 0.29) is 18.3 Å². The molecular weight excluding hydrogens is 337 g/mol. The molecule has 0 saturated heterocycles. The third kappa shape index (κ3) is 4.46. The van der Waals surface area contributed by atoms with Crippen molar-refractivity contribution >= 4 is 27.6 Å². The number of aliphatic imine (C=N–C) groups is 1. The summed E-state index contributed by atoms with van der Waals surface area (Å²) in [6.45, 7) is 0.161. The van der Waals surface area contributed by atoms with Gasteiger partial charge in [0.05, 0.1) is 13.7 Å². The van der Waals surface area contributed by atoms with E-state index < -0.39 is 0 Å². The number of halogens is 2. The maximum absolute atomic E-state index is 13.6. The average Bonchev–Trinajstić information content (AvgIpc) is 2.48. The summed E-state index contributed by atoms with van der Waals surface area (Å²) in [5.74, 6) is 0.615. The molecule has 0 amide bonds. The van der Waals surface area contributed by atoms with Crippen LogP contribution in [0.15, 0.2) is 51.9 Å². The molecule has 0 saturated carbocycles. The van der Waals surface area contributed by atoms with Crippen LogP contribution in [0.25, 0.3) is 0 Å². The van der Waals surface area contributed by atoms with Gasteiger partial charge in [-0.1, -0.05) is 22.0 Å². The highest BCUT2D eigenvalue weighted by atomic mass is 79.9. The van der Waals surface area contributed by atoms with Crippen molar-refractivity contribution in [3.8, 4) is 5.75 Å². The molecule has 3 N–H and O–H groups in total. The summed E-state index contributed by atoms with van der Waals surface area (Å²) in [6, 6.07) is 12.0. The first kappa shape index (κ1) is 15.3. The number of benzene rings is 2. The van der Waals surface area contributed by atoms with Gasteiger partial charge in [-0.3, -0.25) is 0 Å². The van der Waals surface area contributed by atoms with Crippen LogP contribution in [0.1, 0.15) is 5.56 Å². The summed E-state index contributed by atoms with van der Waals surface area (Å²) >= 11 is 3.30. The number of anilines is 1. The lowest BCUT2D eigenvalue weighted by Gasteiger charge is -2.07. The normalized spacial score (nSPS) is 11.3. The number of ether oxygens (including phenoxy) is 1. The van der Waals surface area contributed by atoms with Crippen molar-refractivity contribution in [1.29, 1.82) is 0 Å². The number of methoxy groups -OCH3 is 1. The van der Waals surface area contributed by atoms with E-state index in [1.165, 1.54) is 6.07 Å². The fraction of sp³-hybridized carbons (Fsp3) is 0.133. The molecule has 6 heteroatoms. The van der Waals surface area contributed by atoms with Crippen molar-refractivity contribution < 1.29 is 9.13 Å². The van der Waals surface area contributed by atoms with E-state index in [1.807, 2.05) is 18.2 Å². The molecule has 0 radical (unpaired) electrons. The standard InChI is InChI=1S/C15H15BrFN3O/c1-21-13-4-2-3-12(8-13)20-15(18)19-9-10-7-11(16)5-6-14(10)17/h2-8H,9H2,1H3,(H3,18,19,20). The monoisotopic (exact) mass is 351 g/mol. The Morgan fingerprint density at radius 3 is 2.90 bits per heavy atom. The maximum atomic E-state index is 13.6. The van der Waals surface area contributed by atoms with Crippen LogP contribution in [0.2, 0.25) is 0 Å². The number of guanidine groups is 1.